The largest absolute Gasteiger partial charge is 0.399 e. The number of imide groups is 2. The number of nitrogen functional groups attached to an aromatic ring is 1. The van der Waals surface area contributed by atoms with Crippen LogP contribution in [0.4, 0.5) is 17.2 Å². The molecule has 14 heteroatoms. The van der Waals surface area contributed by atoms with Gasteiger partial charge in [-0.3, -0.25) is 39.4 Å². The third-order valence-corrected chi connectivity index (χ3v) is 13.1. The van der Waals surface area contributed by atoms with Gasteiger partial charge in [0.25, 0.3) is 11.8 Å². The molecular weight excluding hydrogens is 757 g/mol. The molecule has 320 valence electrons. The van der Waals surface area contributed by atoms with E-state index < -0.39 is 11.9 Å². The number of piperazine rings is 1. The van der Waals surface area contributed by atoms with Crippen LogP contribution in [0.25, 0.3) is 22.2 Å². The number of amides is 4. The maximum atomic E-state index is 13.4. The number of hydrogen-bond donors (Lipinski definition) is 3. The average Bonchev–Trinajstić information content (AvgIpc) is 3.79. The predicted octanol–water partition coefficient (Wildman–Crippen LogP) is 5.80. The number of carbonyl (C=O) groups excluding carboxylic acids is 4. The van der Waals surface area contributed by atoms with E-state index in [0.717, 1.165) is 105 Å². The Morgan fingerprint density at radius 1 is 0.883 bits per heavy atom. The number of fused-ring (bicyclic) bond motifs is 2. The minimum absolute atomic E-state index is 0.0567. The van der Waals surface area contributed by atoms with Crippen LogP contribution in [0.3, 0.4) is 0 Å². The van der Waals surface area contributed by atoms with Crippen molar-refractivity contribution < 1.29 is 19.2 Å². The lowest BCUT2D eigenvalue weighted by atomic mass is 9.91. The van der Waals surface area contributed by atoms with Crippen LogP contribution < -0.4 is 20.9 Å². The van der Waals surface area contributed by atoms with E-state index in [0.29, 0.717) is 41.5 Å². The molecule has 6 heterocycles. The maximum absolute atomic E-state index is 13.4. The fourth-order valence-electron chi connectivity index (χ4n) is 9.73. The van der Waals surface area contributed by atoms with Gasteiger partial charge in [0, 0.05) is 92.3 Å². The number of hydrogen-bond acceptors (Lipinski definition) is 11. The van der Waals surface area contributed by atoms with Crippen molar-refractivity contribution in [3.63, 3.8) is 0 Å². The van der Waals surface area contributed by atoms with E-state index in [9.17, 15) is 19.2 Å². The first-order chi connectivity index (χ1) is 29.1. The SMILES string of the molecule is CC.CC(CCC(=O)NC=O)N1C(=O)c2ccc(N3CCC(CN4CCC(CN5C(C)CN(c6cc(-c7n[nH]c8ccc(N)cc78)ccn6)CC5C)CC4)CC3)cc2C1=O. The summed E-state index contributed by atoms with van der Waals surface area (Å²) in [5.41, 5.74) is 11.5. The first-order valence-corrected chi connectivity index (χ1v) is 22.0. The molecular formula is C46H62N10O4. The fourth-order valence-corrected chi connectivity index (χ4v) is 9.73. The summed E-state index contributed by atoms with van der Waals surface area (Å²) < 4.78 is 0. The number of pyridine rings is 1. The molecule has 0 spiro atoms. The minimum Gasteiger partial charge on any atom is -0.399 e. The van der Waals surface area contributed by atoms with Gasteiger partial charge in [-0.25, -0.2) is 4.98 Å². The van der Waals surface area contributed by atoms with E-state index >= 15 is 0 Å². The predicted molar refractivity (Wildman–Crippen MR) is 237 cm³/mol. The number of rotatable bonds is 12. The number of aromatic amines is 1. The summed E-state index contributed by atoms with van der Waals surface area (Å²) in [5, 5.41) is 10.9. The molecule has 4 amide bonds. The van der Waals surface area contributed by atoms with Crippen LogP contribution in [-0.4, -0.2) is 124 Å². The van der Waals surface area contributed by atoms with E-state index in [-0.39, 0.29) is 24.7 Å². The third-order valence-electron chi connectivity index (χ3n) is 13.1. The monoisotopic (exact) mass is 818 g/mol. The second-order valence-electron chi connectivity index (χ2n) is 17.0. The Balaban J connectivity index is 0.00000268. The van der Waals surface area contributed by atoms with Crippen LogP contribution in [0.15, 0.2) is 54.7 Å². The second kappa shape index (κ2) is 18.9. The van der Waals surface area contributed by atoms with Crippen molar-refractivity contribution in [2.75, 3.05) is 67.9 Å². The van der Waals surface area contributed by atoms with Crippen molar-refractivity contribution in [3.8, 4) is 11.3 Å². The van der Waals surface area contributed by atoms with Gasteiger partial charge < -0.3 is 20.4 Å². The molecule has 4 aliphatic heterocycles. The van der Waals surface area contributed by atoms with Gasteiger partial charge in [0.2, 0.25) is 12.3 Å². The Morgan fingerprint density at radius 2 is 1.57 bits per heavy atom. The molecule has 0 saturated carbocycles. The molecule has 4 aromatic rings. The highest BCUT2D eigenvalue weighted by atomic mass is 16.2. The molecule has 2 aromatic heterocycles. The number of nitrogens with one attached hydrogen (secondary N) is 2. The molecule has 0 radical (unpaired) electrons. The topological polar surface area (TPSA) is 164 Å². The summed E-state index contributed by atoms with van der Waals surface area (Å²) in [6, 6.07) is 16.0. The first kappa shape index (κ1) is 42.8. The zero-order valence-electron chi connectivity index (χ0n) is 35.9. The van der Waals surface area contributed by atoms with E-state index in [1.54, 1.807) is 13.0 Å². The van der Waals surface area contributed by atoms with Gasteiger partial charge in [-0.05, 0) is 126 Å². The highest BCUT2D eigenvalue weighted by Crippen LogP contribution is 2.34. The van der Waals surface area contributed by atoms with Crippen molar-refractivity contribution in [2.45, 2.75) is 91.3 Å². The summed E-state index contributed by atoms with van der Waals surface area (Å²) in [4.78, 5) is 65.0. The molecule has 3 atom stereocenters. The summed E-state index contributed by atoms with van der Waals surface area (Å²) in [6.45, 7) is 18.8. The van der Waals surface area contributed by atoms with Crippen molar-refractivity contribution >= 4 is 52.2 Å². The van der Waals surface area contributed by atoms with E-state index in [4.69, 9.17) is 10.7 Å². The molecule has 2 aromatic carbocycles. The number of H-pyrrole nitrogens is 1. The number of piperidine rings is 2. The van der Waals surface area contributed by atoms with Gasteiger partial charge in [-0.2, -0.15) is 5.10 Å². The zero-order valence-corrected chi connectivity index (χ0v) is 35.9. The number of likely N-dealkylation sites (tertiary alicyclic amines) is 1. The molecule has 3 unspecified atom stereocenters. The van der Waals surface area contributed by atoms with Crippen LogP contribution in [0.5, 0.6) is 0 Å². The lowest BCUT2D eigenvalue weighted by molar-refractivity contribution is -0.125. The minimum atomic E-state index is -0.457. The van der Waals surface area contributed by atoms with E-state index in [2.05, 4.69) is 55.0 Å². The number of benzene rings is 2. The van der Waals surface area contributed by atoms with Gasteiger partial charge in [0.05, 0.1) is 16.6 Å². The molecule has 3 saturated heterocycles. The number of nitrogens with two attached hydrogens (primary N) is 1. The van der Waals surface area contributed by atoms with Gasteiger partial charge >= 0.3 is 0 Å². The lowest BCUT2D eigenvalue weighted by Crippen LogP contribution is -2.58. The Morgan fingerprint density at radius 3 is 2.28 bits per heavy atom. The van der Waals surface area contributed by atoms with Crippen LogP contribution in [0.1, 0.15) is 93.9 Å². The Kier molecular flexibility index (Phi) is 13.5. The molecule has 14 nitrogen and oxygen atoms in total. The van der Waals surface area contributed by atoms with E-state index in [1.165, 1.54) is 17.7 Å². The zero-order chi connectivity index (χ0) is 42.5. The van der Waals surface area contributed by atoms with Gasteiger partial charge in [0.15, 0.2) is 0 Å². The number of carbonyl (C=O) groups is 4. The van der Waals surface area contributed by atoms with Crippen molar-refractivity contribution in [1.82, 2.24) is 35.2 Å². The second-order valence-corrected chi connectivity index (χ2v) is 17.0. The molecule has 8 rings (SSSR count). The molecule has 4 aliphatic rings. The summed E-state index contributed by atoms with van der Waals surface area (Å²) in [6.07, 6.45) is 7.23. The summed E-state index contributed by atoms with van der Waals surface area (Å²) in [7, 11) is 0. The van der Waals surface area contributed by atoms with Gasteiger partial charge in [-0.15, -0.1) is 0 Å². The Hall–Kier alpha value is -5.34. The summed E-state index contributed by atoms with van der Waals surface area (Å²) in [5.74, 6) is 1.26. The number of aromatic nitrogens is 3. The van der Waals surface area contributed by atoms with Crippen LogP contribution >= 0.6 is 0 Å². The molecule has 0 bridgehead atoms. The van der Waals surface area contributed by atoms with Crippen LogP contribution in [0.2, 0.25) is 0 Å². The summed E-state index contributed by atoms with van der Waals surface area (Å²) >= 11 is 0. The average molecular weight is 819 g/mol. The smallest absolute Gasteiger partial charge is 0.261 e. The van der Waals surface area contributed by atoms with Gasteiger partial charge in [0.1, 0.15) is 11.5 Å². The van der Waals surface area contributed by atoms with E-state index in [1.807, 2.05) is 56.4 Å². The normalized spacial score (nSPS) is 21.2. The van der Waals surface area contributed by atoms with Gasteiger partial charge in [-0.1, -0.05) is 13.8 Å². The van der Waals surface area contributed by atoms with Crippen molar-refractivity contribution in [3.05, 3.63) is 65.9 Å². The third kappa shape index (κ3) is 9.19. The van der Waals surface area contributed by atoms with Crippen LogP contribution in [-0.2, 0) is 9.59 Å². The lowest BCUT2D eigenvalue weighted by Gasteiger charge is -2.47. The Labute approximate surface area is 353 Å². The first-order valence-electron chi connectivity index (χ1n) is 22.0. The quantitative estimate of drug-likeness (QED) is 0.0900. The van der Waals surface area contributed by atoms with Crippen molar-refractivity contribution in [1.29, 1.82) is 0 Å². The number of anilines is 3. The molecule has 3 fully saturated rings. The standard InChI is InChI=1S/C44H56N10O4.C2H6/c1-28(4-9-41(56)47-27-55)54-43(57)36-7-6-35(22-37(36)44(54)58)51-18-13-31(14-19-51)25-50-16-11-32(12-17-50)26-53-29(2)23-52(24-30(53)3)40-20-33(10-15-46-40)42-38-21-34(45)5-8-39(38)48-49-42;1-2/h5-8,10,15,20-22,27-32H,4,9,11-14,16-19,23-26,45H2,1-3H3,(H,48,49)(H,47,55,56);1-2H3. The van der Waals surface area contributed by atoms with Crippen molar-refractivity contribution in [2.24, 2.45) is 11.8 Å². The molecule has 0 aliphatic carbocycles. The number of nitrogens with zero attached hydrogens (tertiary/aromatic N) is 7. The maximum Gasteiger partial charge on any atom is 0.261 e. The molecule has 4 N–H and O–H groups in total. The van der Waals surface area contributed by atoms with Crippen LogP contribution in [0, 0.1) is 11.8 Å². The Bertz CT molecular complexity index is 2150. The molecule has 60 heavy (non-hydrogen) atoms. The highest BCUT2D eigenvalue weighted by Gasteiger charge is 2.39. The highest BCUT2D eigenvalue weighted by molar-refractivity contribution is 6.22. The fraction of sp³-hybridized carbons (Fsp3) is 0.522.